The van der Waals surface area contributed by atoms with E-state index in [4.69, 9.17) is 4.99 Å². The Kier molecular flexibility index (Phi) is 10.6. The first kappa shape index (κ1) is 25.8. The molecule has 32 heavy (non-hydrogen) atoms. The lowest BCUT2D eigenvalue weighted by Crippen LogP contribution is -2.52. The van der Waals surface area contributed by atoms with Gasteiger partial charge in [-0.15, -0.1) is 24.0 Å². The molecule has 3 heterocycles. The standard InChI is InChI=1S/C26H43N5.HI/c1-3-27-26(28-15-12-21-13-16-30(4-2)17-14-21)29-23-18-24-10-11-25(19-23)31(24)20-22-8-6-5-7-9-22;/h5-9,21,23-25H,3-4,10-20H2,1-2H3,(H2,27,28,29);1H. The van der Waals surface area contributed by atoms with Gasteiger partial charge in [-0.3, -0.25) is 9.89 Å². The first-order chi connectivity index (χ1) is 15.2. The number of rotatable bonds is 8. The first-order valence-corrected chi connectivity index (χ1v) is 12.8. The molecule has 180 valence electrons. The minimum atomic E-state index is 0. The normalized spacial score (nSPS) is 27.2. The summed E-state index contributed by atoms with van der Waals surface area (Å²) >= 11 is 0. The number of guanidine groups is 1. The summed E-state index contributed by atoms with van der Waals surface area (Å²) in [6.45, 7) is 11.2. The summed E-state index contributed by atoms with van der Waals surface area (Å²) in [7, 11) is 0. The van der Waals surface area contributed by atoms with Gasteiger partial charge < -0.3 is 15.5 Å². The fraction of sp³-hybridized carbons (Fsp3) is 0.731. The number of hydrogen-bond donors (Lipinski definition) is 2. The molecule has 2 bridgehead atoms. The van der Waals surface area contributed by atoms with E-state index in [1.54, 1.807) is 0 Å². The second kappa shape index (κ2) is 13.1. The van der Waals surface area contributed by atoms with Gasteiger partial charge in [0.25, 0.3) is 0 Å². The topological polar surface area (TPSA) is 42.9 Å². The predicted molar refractivity (Wildman–Crippen MR) is 146 cm³/mol. The number of aliphatic imine (C=N–C) groups is 1. The van der Waals surface area contributed by atoms with Crippen LogP contribution in [-0.2, 0) is 6.54 Å². The fourth-order valence-electron chi connectivity index (χ4n) is 5.91. The third-order valence-electron chi connectivity index (χ3n) is 7.74. The number of nitrogens with one attached hydrogen (secondary N) is 2. The van der Waals surface area contributed by atoms with Crippen molar-refractivity contribution < 1.29 is 0 Å². The molecule has 0 spiro atoms. The molecule has 0 radical (unpaired) electrons. The van der Waals surface area contributed by atoms with Crippen molar-refractivity contribution in [3.8, 4) is 0 Å². The van der Waals surface area contributed by atoms with Gasteiger partial charge in [0.1, 0.15) is 0 Å². The second-order valence-electron chi connectivity index (χ2n) is 9.78. The second-order valence-corrected chi connectivity index (χ2v) is 9.78. The predicted octanol–water partition coefficient (Wildman–Crippen LogP) is 4.48. The Hall–Kier alpha value is -0.860. The molecule has 2 N–H and O–H groups in total. The molecular weight excluding hydrogens is 509 g/mol. The summed E-state index contributed by atoms with van der Waals surface area (Å²) in [6.07, 6.45) is 9.09. The first-order valence-electron chi connectivity index (χ1n) is 12.8. The van der Waals surface area contributed by atoms with Crippen molar-refractivity contribution in [3.63, 3.8) is 0 Å². The van der Waals surface area contributed by atoms with E-state index in [-0.39, 0.29) is 24.0 Å². The third kappa shape index (κ3) is 7.07. The monoisotopic (exact) mass is 553 g/mol. The Morgan fingerprint density at radius 3 is 2.31 bits per heavy atom. The number of hydrogen-bond acceptors (Lipinski definition) is 3. The van der Waals surface area contributed by atoms with E-state index < -0.39 is 0 Å². The zero-order valence-electron chi connectivity index (χ0n) is 20.1. The van der Waals surface area contributed by atoms with E-state index in [9.17, 15) is 0 Å². The van der Waals surface area contributed by atoms with Crippen molar-refractivity contribution in [2.75, 3.05) is 32.7 Å². The summed E-state index contributed by atoms with van der Waals surface area (Å²) in [4.78, 5) is 10.3. The average molecular weight is 554 g/mol. The van der Waals surface area contributed by atoms with Gasteiger partial charge in [0.15, 0.2) is 5.96 Å². The van der Waals surface area contributed by atoms with Crippen LogP contribution in [0.4, 0.5) is 0 Å². The highest BCUT2D eigenvalue weighted by atomic mass is 127. The van der Waals surface area contributed by atoms with Crippen LogP contribution >= 0.6 is 24.0 Å². The molecule has 0 aromatic heterocycles. The van der Waals surface area contributed by atoms with Crippen molar-refractivity contribution in [1.29, 1.82) is 0 Å². The summed E-state index contributed by atoms with van der Waals surface area (Å²) in [6, 6.07) is 13.0. The minimum Gasteiger partial charge on any atom is -0.357 e. The van der Waals surface area contributed by atoms with Crippen LogP contribution in [0.3, 0.4) is 0 Å². The van der Waals surface area contributed by atoms with Crippen molar-refractivity contribution in [2.24, 2.45) is 10.9 Å². The summed E-state index contributed by atoms with van der Waals surface area (Å²) in [5.74, 6) is 1.89. The number of benzene rings is 1. The van der Waals surface area contributed by atoms with E-state index >= 15 is 0 Å². The molecule has 3 fully saturated rings. The van der Waals surface area contributed by atoms with Gasteiger partial charge >= 0.3 is 0 Å². The van der Waals surface area contributed by atoms with E-state index in [1.807, 2.05) is 0 Å². The zero-order chi connectivity index (χ0) is 21.5. The molecule has 3 saturated heterocycles. The largest absolute Gasteiger partial charge is 0.357 e. The van der Waals surface area contributed by atoms with Crippen LogP contribution < -0.4 is 10.6 Å². The molecule has 3 aliphatic rings. The van der Waals surface area contributed by atoms with Crippen molar-refractivity contribution in [2.45, 2.75) is 83.5 Å². The number of halogens is 1. The number of fused-ring (bicyclic) bond motifs is 2. The van der Waals surface area contributed by atoms with Gasteiger partial charge in [-0.2, -0.15) is 0 Å². The van der Waals surface area contributed by atoms with Crippen LogP contribution in [-0.4, -0.2) is 66.6 Å². The summed E-state index contributed by atoms with van der Waals surface area (Å²) in [5.41, 5.74) is 1.45. The van der Waals surface area contributed by atoms with Gasteiger partial charge in [0.2, 0.25) is 0 Å². The fourth-order valence-corrected chi connectivity index (χ4v) is 5.91. The van der Waals surface area contributed by atoms with Crippen LogP contribution in [0.2, 0.25) is 0 Å². The van der Waals surface area contributed by atoms with Crippen molar-refractivity contribution >= 4 is 29.9 Å². The van der Waals surface area contributed by atoms with E-state index in [2.05, 4.69) is 64.6 Å². The maximum absolute atomic E-state index is 4.97. The van der Waals surface area contributed by atoms with Crippen LogP contribution in [0, 0.1) is 5.92 Å². The molecule has 5 nitrogen and oxygen atoms in total. The maximum atomic E-state index is 4.97. The van der Waals surface area contributed by atoms with Crippen LogP contribution in [0.5, 0.6) is 0 Å². The van der Waals surface area contributed by atoms with Crippen LogP contribution in [0.15, 0.2) is 35.3 Å². The smallest absolute Gasteiger partial charge is 0.191 e. The molecule has 2 atom stereocenters. The van der Waals surface area contributed by atoms with Gasteiger partial charge in [-0.05, 0) is 83.0 Å². The van der Waals surface area contributed by atoms with Gasteiger partial charge in [0.05, 0.1) is 0 Å². The van der Waals surface area contributed by atoms with Gasteiger partial charge in [-0.1, -0.05) is 37.3 Å². The minimum absolute atomic E-state index is 0. The lowest BCUT2D eigenvalue weighted by atomic mass is 9.94. The molecule has 3 aliphatic heterocycles. The molecule has 6 heteroatoms. The van der Waals surface area contributed by atoms with Crippen LogP contribution in [0.1, 0.15) is 64.4 Å². The highest BCUT2D eigenvalue weighted by molar-refractivity contribution is 14.0. The van der Waals surface area contributed by atoms with Crippen molar-refractivity contribution in [1.82, 2.24) is 20.4 Å². The molecule has 2 unspecified atom stereocenters. The van der Waals surface area contributed by atoms with Crippen LogP contribution in [0.25, 0.3) is 0 Å². The van der Waals surface area contributed by atoms with Gasteiger partial charge in [-0.25, -0.2) is 0 Å². The number of likely N-dealkylation sites (tertiary alicyclic amines) is 1. The maximum Gasteiger partial charge on any atom is 0.191 e. The highest BCUT2D eigenvalue weighted by Crippen LogP contribution is 2.36. The number of nitrogens with zero attached hydrogens (tertiary/aromatic N) is 3. The lowest BCUT2D eigenvalue weighted by molar-refractivity contribution is 0.114. The lowest BCUT2D eigenvalue weighted by Gasteiger charge is -2.39. The summed E-state index contributed by atoms with van der Waals surface area (Å²) in [5, 5.41) is 7.30. The Morgan fingerprint density at radius 1 is 1.00 bits per heavy atom. The SMILES string of the molecule is CCNC(=NCCC1CCN(CC)CC1)NC1CC2CCC(C1)N2Cc1ccccc1.I. The quantitative estimate of drug-likeness (QED) is 0.283. The zero-order valence-corrected chi connectivity index (χ0v) is 22.5. The molecule has 4 rings (SSSR count). The average Bonchev–Trinajstić information content (AvgIpc) is 3.02. The third-order valence-corrected chi connectivity index (χ3v) is 7.74. The molecule has 1 aromatic rings. The Bertz CT molecular complexity index is 675. The van der Waals surface area contributed by atoms with Gasteiger partial charge in [0, 0.05) is 37.8 Å². The molecular formula is C26H44IN5. The Labute approximate surface area is 212 Å². The van der Waals surface area contributed by atoms with Crippen molar-refractivity contribution in [3.05, 3.63) is 35.9 Å². The van der Waals surface area contributed by atoms with E-state index in [0.717, 1.165) is 31.5 Å². The highest BCUT2D eigenvalue weighted by Gasteiger charge is 2.40. The molecule has 0 amide bonds. The summed E-state index contributed by atoms with van der Waals surface area (Å²) < 4.78 is 0. The van der Waals surface area contributed by atoms with E-state index in [1.165, 1.54) is 70.1 Å². The molecule has 1 aromatic carbocycles. The van der Waals surface area contributed by atoms with E-state index in [0.29, 0.717) is 18.1 Å². The Morgan fingerprint density at radius 2 is 1.69 bits per heavy atom. The molecule has 0 saturated carbocycles. The molecule has 0 aliphatic carbocycles. The number of piperidine rings is 2. The Balaban J connectivity index is 0.00000289.